The van der Waals surface area contributed by atoms with Crippen molar-refractivity contribution in [2.45, 2.75) is 13.0 Å². The van der Waals surface area contributed by atoms with Gasteiger partial charge >= 0.3 is 5.97 Å². The summed E-state index contributed by atoms with van der Waals surface area (Å²) in [5.41, 5.74) is 3.04. The maximum absolute atomic E-state index is 12.2. The molecule has 0 saturated heterocycles. The number of carbonyl (C=O) groups is 2. The molecule has 102 valence electrons. The summed E-state index contributed by atoms with van der Waals surface area (Å²) < 4.78 is 4.55. The first-order chi connectivity index (χ1) is 9.11. The number of carbonyl (C=O) groups excluding carboxylic acids is 2. The average Bonchev–Trinajstić information content (AvgIpc) is 2.45. The number of nitrogens with zero attached hydrogens (tertiary/aromatic N) is 1. The highest BCUT2D eigenvalue weighted by atomic mass is 16.5. The van der Waals surface area contributed by atoms with Crippen LogP contribution < -0.4 is 5.32 Å². The first-order valence-corrected chi connectivity index (χ1v) is 6.26. The van der Waals surface area contributed by atoms with Gasteiger partial charge in [0.25, 0.3) is 5.91 Å². The van der Waals surface area contributed by atoms with Crippen molar-refractivity contribution in [2.75, 3.05) is 27.2 Å². The maximum atomic E-state index is 12.2. The second-order valence-corrected chi connectivity index (χ2v) is 4.65. The molecule has 5 nitrogen and oxygen atoms in total. The zero-order chi connectivity index (χ0) is 13.8. The molecule has 0 radical (unpaired) electrons. The van der Waals surface area contributed by atoms with Crippen molar-refractivity contribution >= 4 is 11.9 Å². The lowest BCUT2D eigenvalue weighted by Crippen LogP contribution is -2.33. The predicted molar refractivity (Wildman–Crippen MR) is 70.8 cm³/mol. The van der Waals surface area contributed by atoms with Crippen molar-refractivity contribution in [3.05, 3.63) is 34.9 Å². The van der Waals surface area contributed by atoms with E-state index in [4.69, 9.17) is 0 Å². The highest BCUT2D eigenvalue weighted by Gasteiger charge is 2.17. The maximum Gasteiger partial charge on any atom is 0.325 e. The first-order valence-electron chi connectivity index (χ1n) is 6.26. The Hall–Kier alpha value is -1.88. The Labute approximate surface area is 112 Å². The van der Waals surface area contributed by atoms with Crippen LogP contribution in [0.4, 0.5) is 0 Å². The van der Waals surface area contributed by atoms with E-state index in [1.807, 2.05) is 18.2 Å². The Morgan fingerprint density at radius 1 is 1.37 bits per heavy atom. The number of hydrogen-bond donors (Lipinski definition) is 1. The van der Waals surface area contributed by atoms with E-state index in [0.717, 1.165) is 25.1 Å². The van der Waals surface area contributed by atoms with E-state index < -0.39 is 5.97 Å². The molecule has 1 amide bonds. The number of methoxy groups -OCH3 is 1. The third kappa shape index (κ3) is 3.12. The highest BCUT2D eigenvalue weighted by molar-refractivity contribution is 5.96. The standard InChI is InChI=1S/C14H18N2O3/c1-16(9-13(17)19-2)14(18)11-4-3-10-5-6-15-8-12(10)7-11/h3-4,7,15H,5-6,8-9H2,1-2H3. The Bertz CT molecular complexity index is 499. The van der Waals surface area contributed by atoms with Crippen molar-refractivity contribution in [1.82, 2.24) is 10.2 Å². The van der Waals surface area contributed by atoms with Gasteiger partial charge in [-0.2, -0.15) is 0 Å². The molecule has 1 N–H and O–H groups in total. The monoisotopic (exact) mass is 262 g/mol. The number of rotatable bonds is 3. The lowest BCUT2D eigenvalue weighted by Gasteiger charge is -2.20. The predicted octanol–water partition coefficient (Wildman–Crippen LogP) is 0.577. The second-order valence-electron chi connectivity index (χ2n) is 4.65. The fourth-order valence-corrected chi connectivity index (χ4v) is 2.16. The normalized spacial score (nSPS) is 13.6. The molecular formula is C14H18N2O3. The minimum atomic E-state index is -0.421. The minimum Gasteiger partial charge on any atom is -0.468 e. The van der Waals surface area contributed by atoms with E-state index in [2.05, 4.69) is 10.1 Å². The van der Waals surface area contributed by atoms with Crippen LogP contribution in [-0.2, 0) is 22.5 Å². The van der Waals surface area contributed by atoms with E-state index in [1.54, 1.807) is 7.05 Å². The lowest BCUT2D eigenvalue weighted by molar-refractivity contribution is -0.141. The summed E-state index contributed by atoms with van der Waals surface area (Å²) in [7, 11) is 2.90. The summed E-state index contributed by atoms with van der Waals surface area (Å²) >= 11 is 0. The first kappa shape index (κ1) is 13.5. The summed E-state index contributed by atoms with van der Waals surface area (Å²) in [6.45, 7) is 1.73. The molecule has 5 heteroatoms. The zero-order valence-electron chi connectivity index (χ0n) is 11.2. The van der Waals surface area contributed by atoms with E-state index in [-0.39, 0.29) is 12.5 Å². The van der Waals surface area contributed by atoms with Crippen LogP contribution in [0, 0.1) is 0 Å². The van der Waals surface area contributed by atoms with Gasteiger partial charge in [-0.05, 0) is 36.2 Å². The molecule has 1 heterocycles. The van der Waals surface area contributed by atoms with Gasteiger partial charge in [0.15, 0.2) is 0 Å². The van der Waals surface area contributed by atoms with Crippen molar-refractivity contribution in [3.63, 3.8) is 0 Å². The molecule has 0 atom stereocenters. The summed E-state index contributed by atoms with van der Waals surface area (Å²) in [6.07, 6.45) is 0.988. The van der Waals surface area contributed by atoms with Crippen LogP contribution in [0.2, 0.25) is 0 Å². The molecule has 0 bridgehead atoms. The third-order valence-electron chi connectivity index (χ3n) is 3.28. The molecule has 0 aliphatic carbocycles. The molecule has 1 aromatic carbocycles. The van der Waals surface area contributed by atoms with Crippen LogP contribution in [0.25, 0.3) is 0 Å². The molecule has 19 heavy (non-hydrogen) atoms. The van der Waals surface area contributed by atoms with Gasteiger partial charge in [-0.15, -0.1) is 0 Å². The molecule has 0 aromatic heterocycles. The highest BCUT2D eigenvalue weighted by Crippen LogP contribution is 2.16. The Kier molecular flexibility index (Phi) is 4.16. The number of esters is 1. The van der Waals surface area contributed by atoms with Gasteiger partial charge in [-0.25, -0.2) is 0 Å². The van der Waals surface area contributed by atoms with E-state index in [0.29, 0.717) is 5.56 Å². The van der Waals surface area contributed by atoms with Gasteiger partial charge in [0, 0.05) is 19.2 Å². The number of fused-ring (bicyclic) bond motifs is 1. The fraction of sp³-hybridized carbons (Fsp3) is 0.429. The van der Waals surface area contributed by atoms with Gasteiger partial charge in [0.2, 0.25) is 0 Å². The summed E-state index contributed by atoms with van der Waals surface area (Å²) in [6, 6.07) is 5.72. The van der Waals surface area contributed by atoms with Gasteiger partial charge in [-0.1, -0.05) is 6.07 Å². The van der Waals surface area contributed by atoms with E-state index in [1.165, 1.54) is 17.6 Å². The van der Waals surface area contributed by atoms with Gasteiger partial charge < -0.3 is 15.0 Å². The number of amides is 1. The number of nitrogens with one attached hydrogen (secondary N) is 1. The topological polar surface area (TPSA) is 58.6 Å². The van der Waals surface area contributed by atoms with Crippen molar-refractivity contribution in [3.8, 4) is 0 Å². The Balaban J connectivity index is 2.12. The summed E-state index contributed by atoms with van der Waals surface area (Å²) in [5, 5.41) is 3.28. The van der Waals surface area contributed by atoms with Crippen molar-refractivity contribution in [2.24, 2.45) is 0 Å². The molecular weight excluding hydrogens is 244 g/mol. The smallest absolute Gasteiger partial charge is 0.325 e. The van der Waals surface area contributed by atoms with Crippen molar-refractivity contribution in [1.29, 1.82) is 0 Å². The van der Waals surface area contributed by atoms with Gasteiger partial charge in [0.1, 0.15) is 6.54 Å². The van der Waals surface area contributed by atoms with Crippen molar-refractivity contribution < 1.29 is 14.3 Å². The number of ether oxygens (including phenoxy) is 1. The second kappa shape index (κ2) is 5.84. The number of hydrogen-bond acceptors (Lipinski definition) is 4. The molecule has 2 rings (SSSR count). The Morgan fingerprint density at radius 3 is 2.89 bits per heavy atom. The molecule has 0 fully saturated rings. The van der Waals surface area contributed by atoms with Crippen LogP contribution in [0.1, 0.15) is 21.5 Å². The number of benzene rings is 1. The average molecular weight is 262 g/mol. The van der Waals surface area contributed by atoms with Gasteiger partial charge in [-0.3, -0.25) is 9.59 Å². The van der Waals surface area contributed by atoms with Crippen LogP contribution in [0.3, 0.4) is 0 Å². The summed E-state index contributed by atoms with van der Waals surface area (Å²) in [4.78, 5) is 24.7. The quantitative estimate of drug-likeness (QED) is 0.809. The molecule has 1 aliphatic rings. The summed E-state index contributed by atoms with van der Waals surface area (Å²) in [5.74, 6) is -0.589. The van der Waals surface area contributed by atoms with Crippen LogP contribution in [0.15, 0.2) is 18.2 Å². The van der Waals surface area contributed by atoms with E-state index >= 15 is 0 Å². The van der Waals surface area contributed by atoms with Crippen LogP contribution >= 0.6 is 0 Å². The molecule has 0 spiro atoms. The minimum absolute atomic E-state index is 0.0370. The number of likely N-dealkylation sites (N-methyl/N-ethyl adjacent to an activating group) is 1. The zero-order valence-corrected chi connectivity index (χ0v) is 11.2. The SMILES string of the molecule is COC(=O)CN(C)C(=O)c1ccc2c(c1)CNCC2. The molecule has 0 saturated carbocycles. The largest absolute Gasteiger partial charge is 0.468 e. The third-order valence-corrected chi connectivity index (χ3v) is 3.28. The lowest BCUT2D eigenvalue weighted by atomic mass is 9.98. The van der Waals surface area contributed by atoms with E-state index in [9.17, 15) is 9.59 Å². The Morgan fingerprint density at radius 2 is 2.16 bits per heavy atom. The van der Waals surface area contributed by atoms with Crippen LogP contribution in [0.5, 0.6) is 0 Å². The van der Waals surface area contributed by atoms with Crippen LogP contribution in [-0.4, -0.2) is 44.0 Å². The fourth-order valence-electron chi connectivity index (χ4n) is 2.16. The molecule has 1 aromatic rings. The molecule has 1 aliphatic heterocycles. The molecule has 0 unspecified atom stereocenters. The van der Waals surface area contributed by atoms with Gasteiger partial charge in [0.05, 0.1) is 7.11 Å².